The Morgan fingerprint density at radius 2 is 1.83 bits per heavy atom. The molecule has 2 saturated heterocycles. The van der Waals surface area contributed by atoms with Crippen molar-refractivity contribution in [2.75, 3.05) is 51.6 Å². The maximum absolute atomic E-state index is 13.3. The third-order valence-corrected chi connectivity index (χ3v) is 8.25. The summed E-state index contributed by atoms with van der Waals surface area (Å²) in [4.78, 5) is 29.0. The first kappa shape index (κ1) is 21.3. The minimum absolute atomic E-state index is 0.0364. The Kier molecular flexibility index (Phi) is 6.13. The molecule has 2 fully saturated rings. The van der Waals surface area contributed by atoms with E-state index in [-0.39, 0.29) is 29.2 Å². The van der Waals surface area contributed by atoms with E-state index in [2.05, 4.69) is 10.2 Å². The molecule has 8 nitrogen and oxygen atoms in total. The molecule has 4 rings (SSSR count). The molecule has 3 aliphatic rings. The summed E-state index contributed by atoms with van der Waals surface area (Å²) < 4.78 is 28.1. The molecule has 0 saturated carbocycles. The Bertz CT molecular complexity index is 925. The van der Waals surface area contributed by atoms with Crippen LogP contribution in [0.2, 0.25) is 0 Å². The fourth-order valence-electron chi connectivity index (χ4n) is 4.51. The van der Waals surface area contributed by atoms with Crippen molar-refractivity contribution in [1.29, 1.82) is 0 Å². The lowest BCUT2D eigenvalue weighted by molar-refractivity contribution is -0.138. The van der Waals surface area contributed by atoms with Crippen LogP contribution < -0.4 is 5.32 Å². The first-order valence-electron chi connectivity index (χ1n) is 10.7. The number of sulfonamides is 1. The van der Waals surface area contributed by atoms with Crippen molar-refractivity contribution < 1.29 is 18.0 Å². The van der Waals surface area contributed by atoms with E-state index in [0.29, 0.717) is 51.0 Å². The molecule has 2 amide bonds. The van der Waals surface area contributed by atoms with Gasteiger partial charge in [0.15, 0.2) is 0 Å². The second-order valence-corrected chi connectivity index (χ2v) is 10.5. The predicted octanol–water partition coefficient (Wildman–Crippen LogP) is 1.14. The molecule has 1 N–H and O–H groups in total. The molecule has 3 aliphatic heterocycles. The van der Waals surface area contributed by atoms with Crippen molar-refractivity contribution in [2.24, 2.45) is 5.92 Å². The van der Waals surface area contributed by atoms with E-state index >= 15 is 0 Å². The fourth-order valence-corrected chi connectivity index (χ4v) is 6.08. The van der Waals surface area contributed by atoms with E-state index in [4.69, 9.17) is 0 Å². The molecule has 0 spiro atoms. The van der Waals surface area contributed by atoms with Crippen molar-refractivity contribution in [2.45, 2.75) is 37.0 Å². The normalized spacial score (nSPS) is 24.1. The third-order valence-electron chi connectivity index (χ3n) is 6.39. The topological polar surface area (TPSA) is 90.0 Å². The Hall–Kier alpha value is -1.97. The van der Waals surface area contributed by atoms with E-state index in [1.807, 2.05) is 11.9 Å². The molecule has 0 aromatic heterocycles. The number of piperidine rings is 1. The van der Waals surface area contributed by atoms with Gasteiger partial charge in [0.05, 0.1) is 10.8 Å². The monoisotopic (exact) mass is 434 g/mol. The van der Waals surface area contributed by atoms with Crippen LogP contribution >= 0.6 is 0 Å². The Labute approximate surface area is 178 Å². The summed E-state index contributed by atoms with van der Waals surface area (Å²) in [5, 5.41) is 2.84. The van der Waals surface area contributed by atoms with E-state index in [0.717, 1.165) is 25.1 Å². The van der Waals surface area contributed by atoms with Crippen molar-refractivity contribution in [3.8, 4) is 0 Å². The summed E-state index contributed by atoms with van der Waals surface area (Å²) in [5.74, 6) is -0.240. The van der Waals surface area contributed by atoms with Crippen LogP contribution in [0.25, 0.3) is 0 Å². The molecule has 1 aromatic carbocycles. The highest BCUT2D eigenvalue weighted by Crippen LogP contribution is 2.29. The minimum atomic E-state index is -3.69. The molecule has 9 heteroatoms. The van der Waals surface area contributed by atoms with Crippen LogP contribution in [0.15, 0.2) is 23.1 Å². The molecule has 164 valence electrons. The Morgan fingerprint density at radius 1 is 1.07 bits per heavy atom. The zero-order valence-electron chi connectivity index (χ0n) is 17.5. The smallest absolute Gasteiger partial charge is 0.243 e. The van der Waals surface area contributed by atoms with Gasteiger partial charge in [-0.2, -0.15) is 4.31 Å². The SMILES string of the molecule is CN1CCN(C(=O)C2CCCN(S(=O)(=O)c3ccc4c(c3)CCCC(=O)N4)C2)CC1. The molecule has 3 heterocycles. The first-order chi connectivity index (χ1) is 14.3. The zero-order chi connectivity index (χ0) is 21.3. The summed E-state index contributed by atoms with van der Waals surface area (Å²) in [6.45, 7) is 3.78. The summed E-state index contributed by atoms with van der Waals surface area (Å²) in [5.41, 5.74) is 1.54. The summed E-state index contributed by atoms with van der Waals surface area (Å²) in [6.07, 6.45) is 3.23. The van der Waals surface area contributed by atoms with Gasteiger partial charge >= 0.3 is 0 Å². The van der Waals surface area contributed by atoms with Gasteiger partial charge in [-0.1, -0.05) is 0 Å². The number of benzene rings is 1. The average Bonchev–Trinajstić information content (AvgIpc) is 2.93. The Balaban J connectivity index is 1.49. The van der Waals surface area contributed by atoms with Gasteiger partial charge in [-0.15, -0.1) is 0 Å². The van der Waals surface area contributed by atoms with Gasteiger partial charge in [-0.3, -0.25) is 9.59 Å². The third kappa shape index (κ3) is 4.38. The first-order valence-corrected chi connectivity index (χ1v) is 12.2. The van der Waals surface area contributed by atoms with Gasteiger partial charge in [0.25, 0.3) is 0 Å². The molecule has 1 unspecified atom stereocenters. The van der Waals surface area contributed by atoms with Gasteiger partial charge in [-0.05, 0) is 56.5 Å². The van der Waals surface area contributed by atoms with Gasteiger partial charge in [0.1, 0.15) is 0 Å². The Morgan fingerprint density at radius 3 is 2.60 bits per heavy atom. The number of carbonyl (C=O) groups is 2. The van der Waals surface area contributed by atoms with Crippen molar-refractivity contribution in [3.63, 3.8) is 0 Å². The second kappa shape index (κ2) is 8.64. The summed E-state index contributed by atoms with van der Waals surface area (Å²) in [7, 11) is -1.64. The predicted molar refractivity (Wildman–Crippen MR) is 114 cm³/mol. The van der Waals surface area contributed by atoms with Crippen LogP contribution in [0.3, 0.4) is 0 Å². The number of piperazine rings is 1. The lowest BCUT2D eigenvalue weighted by Crippen LogP contribution is -2.52. The van der Waals surface area contributed by atoms with Gasteiger partial charge < -0.3 is 15.1 Å². The number of hydrogen-bond acceptors (Lipinski definition) is 5. The van der Waals surface area contributed by atoms with E-state index in [9.17, 15) is 18.0 Å². The molecule has 1 aromatic rings. The van der Waals surface area contributed by atoms with Gasteiger partial charge in [0, 0.05) is 51.4 Å². The van der Waals surface area contributed by atoms with E-state index < -0.39 is 10.0 Å². The molecule has 0 bridgehead atoms. The minimum Gasteiger partial charge on any atom is -0.340 e. The van der Waals surface area contributed by atoms with Crippen LogP contribution in [0.5, 0.6) is 0 Å². The lowest BCUT2D eigenvalue weighted by Gasteiger charge is -2.37. The maximum Gasteiger partial charge on any atom is 0.243 e. The highest BCUT2D eigenvalue weighted by atomic mass is 32.2. The van der Waals surface area contributed by atoms with Crippen molar-refractivity contribution in [3.05, 3.63) is 23.8 Å². The average molecular weight is 435 g/mol. The number of likely N-dealkylation sites (N-methyl/N-ethyl adjacent to an activating group) is 1. The summed E-state index contributed by atoms with van der Waals surface area (Å²) >= 11 is 0. The van der Waals surface area contributed by atoms with Crippen LogP contribution in [0.4, 0.5) is 5.69 Å². The number of nitrogens with one attached hydrogen (secondary N) is 1. The quantitative estimate of drug-likeness (QED) is 0.771. The van der Waals surface area contributed by atoms with Gasteiger partial charge in [-0.25, -0.2) is 8.42 Å². The number of carbonyl (C=O) groups excluding carboxylic acids is 2. The molecular formula is C21H30N4O4S. The van der Waals surface area contributed by atoms with E-state index in [1.54, 1.807) is 18.2 Å². The highest BCUT2D eigenvalue weighted by Gasteiger charge is 2.36. The van der Waals surface area contributed by atoms with E-state index in [1.165, 1.54) is 4.31 Å². The maximum atomic E-state index is 13.3. The number of anilines is 1. The fraction of sp³-hybridized carbons (Fsp3) is 0.619. The standard InChI is InChI=1S/C21H30N4O4S/c1-23-10-12-24(13-11-23)21(27)17-5-3-9-25(15-17)30(28,29)18-7-8-19-16(14-18)4-2-6-20(26)22-19/h7-8,14,17H,2-6,9-13,15H2,1H3,(H,22,26). The number of amides is 2. The molecule has 0 aliphatic carbocycles. The number of rotatable bonds is 3. The largest absolute Gasteiger partial charge is 0.340 e. The highest BCUT2D eigenvalue weighted by molar-refractivity contribution is 7.89. The van der Waals surface area contributed by atoms with Crippen LogP contribution in [0, 0.1) is 5.92 Å². The number of fused-ring (bicyclic) bond motifs is 1. The van der Waals surface area contributed by atoms with Crippen LogP contribution in [-0.4, -0.2) is 80.7 Å². The lowest BCUT2D eigenvalue weighted by atomic mass is 9.98. The molecule has 1 atom stereocenters. The molecule has 0 radical (unpaired) electrons. The zero-order valence-corrected chi connectivity index (χ0v) is 18.3. The molecule has 30 heavy (non-hydrogen) atoms. The van der Waals surface area contributed by atoms with Crippen molar-refractivity contribution >= 4 is 27.5 Å². The van der Waals surface area contributed by atoms with Crippen molar-refractivity contribution in [1.82, 2.24) is 14.1 Å². The number of nitrogens with zero attached hydrogens (tertiary/aromatic N) is 3. The van der Waals surface area contributed by atoms with Crippen LogP contribution in [0.1, 0.15) is 31.2 Å². The number of hydrogen-bond donors (Lipinski definition) is 1. The number of aryl methyl sites for hydroxylation is 1. The summed E-state index contributed by atoms with van der Waals surface area (Å²) in [6, 6.07) is 4.93. The van der Waals surface area contributed by atoms with Gasteiger partial charge in [0.2, 0.25) is 21.8 Å². The second-order valence-electron chi connectivity index (χ2n) is 8.55. The molecular weight excluding hydrogens is 404 g/mol. The van der Waals surface area contributed by atoms with Crippen LogP contribution in [-0.2, 0) is 26.0 Å².